The van der Waals surface area contributed by atoms with Crippen molar-refractivity contribution in [1.29, 1.82) is 0 Å². The van der Waals surface area contributed by atoms with Crippen LogP contribution in [0.5, 0.6) is 11.5 Å². The van der Waals surface area contributed by atoms with Gasteiger partial charge in [-0.3, -0.25) is 10.1 Å². The van der Waals surface area contributed by atoms with Crippen LogP contribution in [0, 0.1) is 13.8 Å². The number of imide groups is 1. The van der Waals surface area contributed by atoms with Crippen LogP contribution in [0.3, 0.4) is 0 Å². The van der Waals surface area contributed by atoms with Crippen LogP contribution in [0.25, 0.3) is 0 Å². The lowest BCUT2D eigenvalue weighted by molar-refractivity contribution is -0.123. The molecule has 0 spiro atoms. The Morgan fingerprint density at radius 1 is 1.14 bits per heavy atom. The predicted octanol–water partition coefficient (Wildman–Crippen LogP) is 3.57. The first-order chi connectivity index (χ1) is 13.7. The molecule has 29 heavy (non-hydrogen) atoms. The van der Waals surface area contributed by atoms with E-state index < -0.39 is 24.5 Å². The quantitative estimate of drug-likeness (QED) is 0.615. The first kappa shape index (κ1) is 22.0. The van der Waals surface area contributed by atoms with Gasteiger partial charge >= 0.3 is 12.0 Å². The number of phenolic OH excluding ortho intramolecular Hbond substituents is 1. The molecular formula is C20H21ClN2O6. The number of rotatable bonds is 6. The maximum absolute atomic E-state index is 12.1. The molecule has 0 fully saturated rings. The van der Waals surface area contributed by atoms with Crippen LogP contribution < -0.4 is 15.4 Å². The highest BCUT2D eigenvalue weighted by molar-refractivity contribution is 6.32. The summed E-state index contributed by atoms with van der Waals surface area (Å²) in [5.41, 5.74) is 2.43. The van der Waals surface area contributed by atoms with E-state index in [1.807, 2.05) is 26.0 Å². The molecule has 0 aliphatic carbocycles. The van der Waals surface area contributed by atoms with E-state index in [1.54, 1.807) is 13.0 Å². The van der Waals surface area contributed by atoms with Gasteiger partial charge in [-0.1, -0.05) is 29.3 Å². The topological polar surface area (TPSA) is 114 Å². The van der Waals surface area contributed by atoms with E-state index in [1.165, 1.54) is 12.1 Å². The van der Waals surface area contributed by atoms with Crippen LogP contribution in [0.15, 0.2) is 30.3 Å². The third-order valence-corrected chi connectivity index (χ3v) is 4.07. The second-order valence-electron chi connectivity index (χ2n) is 6.13. The van der Waals surface area contributed by atoms with Gasteiger partial charge in [-0.25, -0.2) is 9.59 Å². The van der Waals surface area contributed by atoms with Crippen LogP contribution in [0.2, 0.25) is 5.02 Å². The van der Waals surface area contributed by atoms with Gasteiger partial charge in [-0.15, -0.1) is 0 Å². The molecular weight excluding hydrogens is 400 g/mol. The molecule has 3 amide bonds. The number of hydrogen-bond acceptors (Lipinski definition) is 6. The van der Waals surface area contributed by atoms with Gasteiger partial charge < -0.3 is 19.9 Å². The third-order valence-electron chi connectivity index (χ3n) is 3.78. The number of carbonyl (C=O) groups is 3. The number of esters is 1. The van der Waals surface area contributed by atoms with E-state index in [2.05, 4.69) is 10.6 Å². The van der Waals surface area contributed by atoms with Crippen molar-refractivity contribution in [2.24, 2.45) is 0 Å². The molecule has 0 saturated carbocycles. The monoisotopic (exact) mass is 420 g/mol. The number of aromatic hydroxyl groups is 1. The number of hydrogen-bond donors (Lipinski definition) is 3. The van der Waals surface area contributed by atoms with Gasteiger partial charge in [0.25, 0.3) is 5.91 Å². The number of ether oxygens (including phenoxy) is 2. The number of phenols is 1. The number of nitrogens with one attached hydrogen (secondary N) is 2. The first-order valence-corrected chi connectivity index (χ1v) is 9.09. The molecule has 0 aliphatic heterocycles. The Kier molecular flexibility index (Phi) is 7.44. The fourth-order valence-corrected chi connectivity index (χ4v) is 2.65. The summed E-state index contributed by atoms with van der Waals surface area (Å²) in [4.78, 5) is 35.9. The summed E-state index contributed by atoms with van der Waals surface area (Å²) in [5, 5.41) is 14.3. The van der Waals surface area contributed by atoms with Gasteiger partial charge in [-0.05, 0) is 44.5 Å². The van der Waals surface area contributed by atoms with E-state index in [0.29, 0.717) is 5.69 Å². The molecule has 3 N–H and O–H groups in total. The highest BCUT2D eigenvalue weighted by Crippen LogP contribution is 2.35. The Hall–Kier alpha value is -3.26. The second-order valence-corrected chi connectivity index (χ2v) is 6.54. The smallest absolute Gasteiger partial charge is 0.338 e. The molecule has 154 valence electrons. The van der Waals surface area contributed by atoms with Crippen LogP contribution >= 0.6 is 11.6 Å². The zero-order valence-electron chi connectivity index (χ0n) is 16.2. The van der Waals surface area contributed by atoms with Crippen LogP contribution in [-0.4, -0.2) is 36.2 Å². The molecule has 0 radical (unpaired) electrons. The number of anilines is 1. The van der Waals surface area contributed by atoms with E-state index in [9.17, 15) is 19.5 Å². The SMILES string of the molecule is CCOc1cc(C(=O)OCC(=O)NC(=O)Nc2ccc(C)cc2C)cc(Cl)c1O. The maximum Gasteiger partial charge on any atom is 0.338 e. The molecule has 2 aromatic carbocycles. The summed E-state index contributed by atoms with van der Waals surface area (Å²) in [6, 6.07) is 7.12. The summed E-state index contributed by atoms with van der Waals surface area (Å²) in [6.07, 6.45) is 0. The normalized spacial score (nSPS) is 10.2. The molecule has 0 atom stereocenters. The molecule has 0 unspecified atom stereocenters. The fraction of sp³-hybridized carbons (Fsp3) is 0.250. The van der Waals surface area contributed by atoms with Crippen molar-refractivity contribution in [2.75, 3.05) is 18.5 Å². The van der Waals surface area contributed by atoms with Crippen LogP contribution in [0.1, 0.15) is 28.4 Å². The summed E-state index contributed by atoms with van der Waals surface area (Å²) in [7, 11) is 0. The van der Waals surface area contributed by atoms with E-state index in [-0.39, 0.29) is 28.7 Å². The molecule has 0 aromatic heterocycles. The molecule has 9 heteroatoms. The van der Waals surface area contributed by atoms with Crippen molar-refractivity contribution >= 4 is 35.2 Å². The minimum absolute atomic E-state index is 0.0104. The number of aryl methyl sites for hydroxylation is 2. The van der Waals surface area contributed by atoms with Gasteiger partial charge in [-0.2, -0.15) is 0 Å². The Bertz CT molecular complexity index is 945. The fourth-order valence-electron chi connectivity index (χ4n) is 2.44. The molecule has 0 heterocycles. The number of halogens is 1. The van der Waals surface area contributed by atoms with Gasteiger partial charge in [0.15, 0.2) is 18.1 Å². The lowest BCUT2D eigenvalue weighted by Crippen LogP contribution is -2.37. The lowest BCUT2D eigenvalue weighted by Gasteiger charge is -2.11. The Morgan fingerprint density at radius 3 is 2.52 bits per heavy atom. The lowest BCUT2D eigenvalue weighted by atomic mass is 10.1. The zero-order valence-corrected chi connectivity index (χ0v) is 16.9. The van der Waals surface area contributed by atoms with E-state index in [0.717, 1.165) is 11.1 Å². The zero-order chi connectivity index (χ0) is 21.6. The van der Waals surface area contributed by atoms with E-state index >= 15 is 0 Å². The standard InChI is InChI=1S/C20H21ClN2O6/c1-4-28-16-9-13(8-14(21)18(16)25)19(26)29-10-17(24)23-20(27)22-15-6-5-11(2)7-12(15)3/h5-9,25H,4,10H2,1-3H3,(H2,22,23,24,27). The third kappa shape index (κ3) is 6.11. The van der Waals surface area contributed by atoms with Crippen molar-refractivity contribution in [3.05, 3.63) is 52.0 Å². The average molecular weight is 421 g/mol. The van der Waals surface area contributed by atoms with Crippen molar-refractivity contribution in [3.63, 3.8) is 0 Å². The molecule has 8 nitrogen and oxygen atoms in total. The van der Waals surface area contributed by atoms with Gasteiger partial charge in [0, 0.05) is 5.69 Å². The predicted molar refractivity (Wildman–Crippen MR) is 108 cm³/mol. The minimum atomic E-state index is -0.863. The molecule has 0 bridgehead atoms. The molecule has 0 aliphatic rings. The number of urea groups is 1. The minimum Gasteiger partial charge on any atom is -0.503 e. The maximum atomic E-state index is 12.1. The number of benzene rings is 2. The van der Waals surface area contributed by atoms with Crippen LogP contribution in [0.4, 0.5) is 10.5 Å². The molecule has 0 saturated heterocycles. The molecule has 2 aromatic rings. The Morgan fingerprint density at radius 2 is 1.86 bits per heavy atom. The van der Waals surface area contributed by atoms with Crippen molar-refractivity contribution in [1.82, 2.24) is 5.32 Å². The van der Waals surface area contributed by atoms with Crippen molar-refractivity contribution < 1.29 is 29.0 Å². The second kappa shape index (κ2) is 9.79. The summed E-state index contributed by atoms with van der Waals surface area (Å²) in [6.45, 7) is 5.02. The highest BCUT2D eigenvalue weighted by Gasteiger charge is 2.17. The first-order valence-electron chi connectivity index (χ1n) is 8.71. The van der Waals surface area contributed by atoms with Gasteiger partial charge in [0.05, 0.1) is 17.2 Å². The van der Waals surface area contributed by atoms with Gasteiger partial charge in [0.2, 0.25) is 0 Å². The molecule has 2 rings (SSSR count). The highest BCUT2D eigenvalue weighted by atomic mass is 35.5. The van der Waals surface area contributed by atoms with Gasteiger partial charge in [0.1, 0.15) is 0 Å². The average Bonchev–Trinajstić information content (AvgIpc) is 2.65. The Balaban J connectivity index is 1.91. The van der Waals surface area contributed by atoms with Crippen molar-refractivity contribution in [3.8, 4) is 11.5 Å². The van der Waals surface area contributed by atoms with E-state index in [4.69, 9.17) is 21.1 Å². The summed E-state index contributed by atoms with van der Waals surface area (Å²) < 4.78 is 10.1. The van der Waals surface area contributed by atoms with Crippen molar-refractivity contribution in [2.45, 2.75) is 20.8 Å². The summed E-state index contributed by atoms with van der Waals surface area (Å²) >= 11 is 5.86. The largest absolute Gasteiger partial charge is 0.503 e. The summed E-state index contributed by atoms with van der Waals surface area (Å²) in [5.74, 6) is -1.96. The number of carbonyl (C=O) groups excluding carboxylic acids is 3. The number of amides is 3. The van der Waals surface area contributed by atoms with Crippen LogP contribution in [-0.2, 0) is 9.53 Å². The Labute approximate surface area is 172 Å².